The fourth-order valence-corrected chi connectivity index (χ4v) is 3.97. The third kappa shape index (κ3) is 3.22. The second-order valence-electron chi connectivity index (χ2n) is 7.22. The van der Waals surface area contributed by atoms with E-state index in [0.717, 1.165) is 17.0 Å². The minimum Gasteiger partial charge on any atom is -0.497 e. The van der Waals surface area contributed by atoms with Crippen molar-refractivity contribution in [3.8, 4) is 22.7 Å². The fraction of sp³-hybridized carbons (Fsp3) is 0.130. The highest BCUT2D eigenvalue weighted by Gasteiger charge is 2.27. The Hall–Kier alpha value is -4.07. The van der Waals surface area contributed by atoms with Gasteiger partial charge in [0, 0.05) is 35.9 Å². The van der Waals surface area contributed by atoms with Gasteiger partial charge in [0.15, 0.2) is 5.69 Å². The minimum atomic E-state index is -1.13. The van der Waals surface area contributed by atoms with Crippen LogP contribution < -0.4 is 4.74 Å². The monoisotopic (exact) mass is 416 g/mol. The summed E-state index contributed by atoms with van der Waals surface area (Å²) in [5.74, 6) is -0.0588. The molecule has 0 aliphatic carbocycles. The van der Waals surface area contributed by atoms with Crippen LogP contribution in [0.2, 0.25) is 0 Å². The molecule has 4 aromatic rings. The van der Waals surface area contributed by atoms with Crippen LogP contribution in [-0.4, -0.2) is 37.7 Å². The van der Waals surface area contributed by atoms with Crippen molar-refractivity contribution in [2.45, 2.75) is 12.8 Å². The number of methoxy groups -OCH3 is 1. The summed E-state index contributed by atoms with van der Waals surface area (Å²) in [6.07, 6.45) is 3.70. The molecule has 0 fully saturated rings. The summed E-state index contributed by atoms with van der Waals surface area (Å²) in [4.78, 5) is 24.7. The number of fused-ring (bicyclic) bond motifs is 5. The van der Waals surface area contributed by atoms with E-state index in [1.807, 2.05) is 28.8 Å². The lowest BCUT2D eigenvalue weighted by atomic mass is 10.0. The zero-order valence-electron chi connectivity index (χ0n) is 16.5. The first-order chi connectivity index (χ1) is 15.0. The number of hydrogen-bond donors (Lipinski definition) is 1. The second kappa shape index (κ2) is 7.32. The van der Waals surface area contributed by atoms with Crippen molar-refractivity contribution >= 4 is 5.97 Å². The Morgan fingerprint density at radius 1 is 1.16 bits per heavy atom. The Labute approximate surface area is 176 Å². The fourth-order valence-electron chi connectivity index (χ4n) is 3.97. The van der Waals surface area contributed by atoms with Crippen LogP contribution in [0.1, 0.15) is 33.1 Å². The van der Waals surface area contributed by atoms with Gasteiger partial charge in [0.2, 0.25) is 0 Å². The zero-order valence-corrected chi connectivity index (χ0v) is 16.5. The first-order valence-corrected chi connectivity index (χ1v) is 9.61. The van der Waals surface area contributed by atoms with Crippen LogP contribution in [0.25, 0.3) is 16.9 Å². The molecule has 0 atom stereocenters. The van der Waals surface area contributed by atoms with E-state index in [2.05, 4.69) is 15.0 Å². The third-order valence-electron chi connectivity index (χ3n) is 5.39. The molecule has 8 heteroatoms. The first kappa shape index (κ1) is 18.9. The molecule has 0 amide bonds. The van der Waals surface area contributed by atoms with E-state index in [-0.39, 0.29) is 12.1 Å². The Morgan fingerprint density at radius 3 is 2.71 bits per heavy atom. The van der Waals surface area contributed by atoms with E-state index in [1.54, 1.807) is 19.4 Å². The van der Waals surface area contributed by atoms with Gasteiger partial charge in [-0.05, 0) is 35.9 Å². The molecule has 7 nitrogen and oxygen atoms in total. The molecule has 2 aromatic carbocycles. The predicted octanol–water partition coefficient (Wildman–Crippen LogP) is 3.67. The van der Waals surface area contributed by atoms with Gasteiger partial charge in [-0.2, -0.15) is 0 Å². The van der Waals surface area contributed by atoms with E-state index in [4.69, 9.17) is 4.74 Å². The smallest absolute Gasteiger partial charge is 0.354 e. The molecule has 0 spiro atoms. The molecule has 0 saturated carbocycles. The van der Waals surface area contributed by atoms with Gasteiger partial charge >= 0.3 is 5.97 Å². The summed E-state index contributed by atoms with van der Waals surface area (Å²) < 4.78 is 21.4. The van der Waals surface area contributed by atoms with Gasteiger partial charge in [-0.3, -0.25) is 4.57 Å². The third-order valence-corrected chi connectivity index (χ3v) is 5.39. The number of carboxylic acid groups (broad SMARTS) is 1. The lowest BCUT2D eigenvalue weighted by molar-refractivity contribution is 0.0689. The number of halogens is 1. The molecular weight excluding hydrogens is 399 g/mol. The van der Waals surface area contributed by atoms with Gasteiger partial charge in [-0.15, -0.1) is 0 Å². The van der Waals surface area contributed by atoms with Crippen LogP contribution >= 0.6 is 0 Å². The van der Waals surface area contributed by atoms with Crippen molar-refractivity contribution in [3.05, 3.63) is 89.1 Å². The summed E-state index contributed by atoms with van der Waals surface area (Å²) in [5.41, 5.74) is 3.87. The SMILES string of the molecule is COc1ccc(Cc2ncc3n2-c2cc(F)ccc2-c2ncnc(C(=O)O)c2C3)cc1. The normalized spacial score (nSPS) is 11.8. The van der Waals surface area contributed by atoms with Crippen LogP contribution in [0.5, 0.6) is 5.75 Å². The lowest BCUT2D eigenvalue weighted by Gasteiger charge is -2.13. The minimum absolute atomic E-state index is 0.0633. The molecular formula is C23H17FN4O3. The molecule has 1 aliphatic heterocycles. The highest BCUT2D eigenvalue weighted by Crippen LogP contribution is 2.36. The largest absolute Gasteiger partial charge is 0.497 e. The van der Waals surface area contributed by atoms with Gasteiger partial charge in [0.25, 0.3) is 0 Å². The van der Waals surface area contributed by atoms with E-state index < -0.39 is 11.8 Å². The van der Waals surface area contributed by atoms with Crippen molar-refractivity contribution < 1.29 is 19.0 Å². The Morgan fingerprint density at radius 2 is 1.97 bits per heavy atom. The number of aromatic nitrogens is 4. The van der Waals surface area contributed by atoms with Gasteiger partial charge in [0.05, 0.1) is 18.5 Å². The number of benzene rings is 2. The van der Waals surface area contributed by atoms with Crippen molar-refractivity contribution in [2.24, 2.45) is 0 Å². The summed E-state index contributed by atoms with van der Waals surface area (Å²) in [6.45, 7) is 0. The average molecular weight is 416 g/mol. The number of carboxylic acids is 1. The Bertz CT molecular complexity index is 1320. The van der Waals surface area contributed by atoms with E-state index in [1.165, 1.54) is 18.5 Å². The van der Waals surface area contributed by atoms with Gasteiger partial charge < -0.3 is 9.84 Å². The van der Waals surface area contributed by atoms with Crippen LogP contribution in [0.15, 0.2) is 55.0 Å². The molecule has 2 aromatic heterocycles. The summed E-state index contributed by atoms with van der Waals surface area (Å²) in [5, 5.41) is 9.63. The maximum Gasteiger partial charge on any atom is 0.354 e. The number of imidazole rings is 1. The van der Waals surface area contributed by atoms with Crippen molar-refractivity contribution in [1.82, 2.24) is 19.5 Å². The molecule has 5 rings (SSSR count). The molecule has 31 heavy (non-hydrogen) atoms. The van der Waals surface area contributed by atoms with Gasteiger partial charge in [0.1, 0.15) is 23.7 Å². The standard InChI is InChI=1S/C23H17FN4O3/c1-31-16-5-2-13(3-6-16)8-20-25-11-15-10-18-21(26-12-27-22(18)23(29)30)17-7-4-14(24)9-19(17)28(15)20/h2-7,9,11-12H,8,10H2,1H3,(H,29,30). The summed E-state index contributed by atoms with van der Waals surface area (Å²) >= 11 is 0. The number of rotatable bonds is 4. The highest BCUT2D eigenvalue weighted by atomic mass is 19.1. The van der Waals surface area contributed by atoms with Crippen molar-refractivity contribution in [2.75, 3.05) is 7.11 Å². The topological polar surface area (TPSA) is 90.1 Å². The molecule has 0 saturated heterocycles. The lowest BCUT2D eigenvalue weighted by Crippen LogP contribution is -2.09. The molecule has 1 aliphatic rings. The average Bonchev–Trinajstić information content (AvgIpc) is 3.09. The van der Waals surface area contributed by atoms with Crippen LogP contribution in [0.3, 0.4) is 0 Å². The molecule has 0 unspecified atom stereocenters. The van der Waals surface area contributed by atoms with Crippen LogP contribution in [0, 0.1) is 5.82 Å². The van der Waals surface area contributed by atoms with E-state index in [0.29, 0.717) is 34.8 Å². The number of carbonyl (C=O) groups is 1. The maximum absolute atomic E-state index is 14.3. The van der Waals surface area contributed by atoms with E-state index >= 15 is 0 Å². The molecule has 3 heterocycles. The zero-order chi connectivity index (χ0) is 21.5. The molecule has 154 valence electrons. The second-order valence-corrected chi connectivity index (χ2v) is 7.22. The number of nitrogens with zero attached hydrogens (tertiary/aromatic N) is 4. The number of hydrogen-bond acceptors (Lipinski definition) is 5. The first-order valence-electron chi connectivity index (χ1n) is 9.61. The van der Waals surface area contributed by atoms with Crippen LogP contribution in [0.4, 0.5) is 4.39 Å². The van der Waals surface area contributed by atoms with Gasteiger partial charge in [-0.1, -0.05) is 12.1 Å². The van der Waals surface area contributed by atoms with Gasteiger partial charge in [-0.25, -0.2) is 24.1 Å². The quantitative estimate of drug-likeness (QED) is 0.481. The van der Waals surface area contributed by atoms with Crippen molar-refractivity contribution in [1.29, 1.82) is 0 Å². The molecule has 0 radical (unpaired) electrons. The highest BCUT2D eigenvalue weighted by molar-refractivity contribution is 5.90. The number of ether oxygens (including phenoxy) is 1. The number of aromatic carboxylic acids is 1. The molecule has 1 N–H and O–H groups in total. The Balaban J connectivity index is 1.69. The maximum atomic E-state index is 14.3. The van der Waals surface area contributed by atoms with E-state index in [9.17, 15) is 14.3 Å². The molecule has 0 bridgehead atoms. The van der Waals surface area contributed by atoms with Crippen molar-refractivity contribution in [3.63, 3.8) is 0 Å². The predicted molar refractivity (Wildman–Crippen MR) is 110 cm³/mol. The Kier molecular flexibility index (Phi) is 4.47. The summed E-state index contributed by atoms with van der Waals surface area (Å²) in [7, 11) is 1.61. The van der Waals surface area contributed by atoms with Crippen LogP contribution in [-0.2, 0) is 12.8 Å². The summed E-state index contributed by atoms with van der Waals surface area (Å²) in [6, 6.07) is 12.0.